The Morgan fingerprint density at radius 3 is 2.63 bits per heavy atom. The van der Waals surface area contributed by atoms with Gasteiger partial charge in [0, 0.05) is 25.7 Å². The number of benzene rings is 1. The molecular weight excluding hydrogens is 232 g/mol. The Balaban J connectivity index is 1.38. The molecule has 2 heteroatoms. The summed E-state index contributed by atoms with van der Waals surface area (Å²) in [7, 11) is 0. The van der Waals surface area contributed by atoms with Gasteiger partial charge in [-0.1, -0.05) is 24.3 Å². The minimum absolute atomic E-state index is 0.763. The van der Waals surface area contributed by atoms with E-state index in [4.69, 9.17) is 0 Å². The van der Waals surface area contributed by atoms with Crippen molar-refractivity contribution < 1.29 is 0 Å². The number of fused-ring (bicyclic) bond motifs is 1. The molecule has 1 saturated carbocycles. The highest BCUT2D eigenvalue weighted by atomic mass is 15.2. The predicted octanol–water partition coefficient (Wildman–Crippen LogP) is 2.75. The highest BCUT2D eigenvalue weighted by molar-refractivity contribution is 5.28. The summed E-state index contributed by atoms with van der Waals surface area (Å²) >= 11 is 0. The first-order chi connectivity index (χ1) is 9.38. The van der Waals surface area contributed by atoms with Gasteiger partial charge in [-0.05, 0) is 55.2 Å². The van der Waals surface area contributed by atoms with Gasteiger partial charge in [0.15, 0.2) is 0 Å². The molecule has 2 heterocycles. The van der Waals surface area contributed by atoms with Gasteiger partial charge in [-0.15, -0.1) is 0 Å². The molecule has 2 atom stereocenters. The highest BCUT2D eigenvalue weighted by Crippen LogP contribution is 2.40. The van der Waals surface area contributed by atoms with Gasteiger partial charge in [0.05, 0.1) is 0 Å². The average molecular weight is 256 g/mol. The Morgan fingerprint density at radius 1 is 1.05 bits per heavy atom. The number of nitrogens with one attached hydrogen (secondary N) is 1. The summed E-state index contributed by atoms with van der Waals surface area (Å²) in [6.07, 6.45) is 5.60. The van der Waals surface area contributed by atoms with E-state index in [0.29, 0.717) is 0 Å². The van der Waals surface area contributed by atoms with Gasteiger partial charge in [0.1, 0.15) is 0 Å². The summed E-state index contributed by atoms with van der Waals surface area (Å²) in [5.74, 6) is 1.78. The van der Waals surface area contributed by atoms with Gasteiger partial charge in [-0.25, -0.2) is 0 Å². The molecular formula is C17H24N2. The van der Waals surface area contributed by atoms with E-state index in [0.717, 1.165) is 24.4 Å². The van der Waals surface area contributed by atoms with Crippen molar-refractivity contribution in [3.63, 3.8) is 0 Å². The lowest BCUT2D eigenvalue weighted by Gasteiger charge is -2.24. The molecule has 1 aromatic carbocycles. The minimum Gasteiger partial charge on any atom is -0.312 e. The molecule has 4 rings (SSSR count). The van der Waals surface area contributed by atoms with E-state index in [1.54, 1.807) is 5.56 Å². The summed E-state index contributed by atoms with van der Waals surface area (Å²) in [5, 5.41) is 3.69. The van der Waals surface area contributed by atoms with E-state index < -0.39 is 0 Å². The third-order valence-electron chi connectivity index (χ3n) is 5.11. The Hall–Kier alpha value is -0.860. The second kappa shape index (κ2) is 4.92. The molecule has 0 amide bonds. The van der Waals surface area contributed by atoms with Crippen LogP contribution in [0.25, 0.3) is 0 Å². The summed E-state index contributed by atoms with van der Waals surface area (Å²) in [6, 6.07) is 10.2. The number of piperidine rings is 1. The van der Waals surface area contributed by atoms with Crippen LogP contribution in [0.2, 0.25) is 0 Å². The normalized spacial score (nSPS) is 31.4. The molecule has 3 aliphatic rings. The standard InChI is InChI=1S/C17H24N2/c1-2-16-11-19(12-17(16)18-9-1)10-13-3-5-14(6-4-13)15-7-8-15/h3-6,15-18H,1-2,7-12H2/t16-,17+/m0/s1. The van der Waals surface area contributed by atoms with Crippen LogP contribution in [0.5, 0.6) is 0 Å². The fourth-order valence-corrected chi connectivity index (χ4v) is 3.84. The number of likely N-dealkylation sites (tertiary alicyclic amines) is 1. The van der Waals surface area contributed by atoms with Gasteiger partial charge in [0.25, 0.3) is 0 Å². The zero-order chi connectivity index (χ0) is 12.7. The molecule has 2 aliphatic heterocycles. The molecule has 0 unspecified atom stereocenters. The number of rotatable bonds is 3. The fraction of sp³-hybridized carbons (Fsp3) is 0.647. The summed E-state index contributed by atoms with van der Waals surface area (Å²) in [5.41, 5.74) is 3.04. The lowest BCUT2D eigenvalue weighted by molar-refractivity contribution is 0.312. The predicted molar refractivity (Wildman–Crippen MR) is 78.2 cm³/mol. The summed E-state index contributed by atoms with van der Waals surface area (Å²) < 4.78 is 0. The number of hydrogen-bond donors (Lipinski definition) is 1. The molecule has 2 nitrogen and oxygen atoms in total. The zero-order valence-electron chi connectivity index (χ0n) is 11.6. The Morgan fingerprint density at radius 2 is 1.89 bits per heavy atom. The van der Waals surface area contributed by atoms with E-state index in [-0.39, 0.29) is 0 Å². The Labute approximate surface area is 116 Å². The van der Waals surface area contributed by atoms with Crippen molar-refractivity contribution in [1.29, 1.82) is 0 Å². The zero-order valence-corrected chi connectivity index (χ0v) is 11.6. The fourth-order valence-electron chi connectivity index (χ4n) is 3.84. The molecule has 19 heavy (non-hydrogen) atoms. The molecule has 0 radical (unpaired) electrons. The summed E-state index contributed by atoms with van der Waals surface area (Å²) in [6.45, 7) is 4.90. The van der Waals surface area contributed by atoms with Crippen LogP contribution in [-0.2, 0) is 6.54 Å². The van der Waals surface area contributed by atoms with E-state index in [9.17, 15) is 0 Å². The lowest BCUT2D eigenvalue weighted by Crippen LogP contribution is -2.40. The van der Waals surface area contributed by atoms with Crippen molar-refractivity contribution in [2.24, 2.45) is 5.92 Å². The van der Waals surface area contributed by atoms with Gasteiger partial charge >= 0.3 is 0 Å². The van der Waals surface area contributed by atoms with Crippen LogP contribution >= 0.6 is 0 Å². The molecule has 0 spiro atoms. The molecule has 1 aliphatic carbocycles. The smallest absolute Gasteiger partial charge is 0.0235 e. The molecule has 1 N–H and O–H groups in total. The lowest BCUT2D eigenvalue weighted by atomic mass is 9.94. The molecule has 0 aromatic heterocycles. The Bertz CT molecular complexity index is 421. The third kappa shape index (κ3) is 2.56. The van der Waals surface area contributed by atoms with Gasteiger partial charge in [0.2, 0.25) is 0 Å². The average Bonchev–Trinajstić information content (AvgIpc) is 3.20. The maximum Gasteiger partial charge on any atom is 0.0235 e. The maximum absolute atomic E-state index is 3.69. The minimum atomic E-state index is 0.763. The summed E-state index contributed by atoms with van der Waals surface area (Å²) in [4.78, 5) is 2.64. The van der Waals surface area contributed by atoms with Gasteiger partial charge in [-0.3, -0.25) is 4.90 Å². The largest absolute Gasteiger partial charge is 0.312 e. The Kier molecular flexibility index (Phi) is 3.08. The van der Waals surface area contributed by atoms with Crippen LogP contribution in [0.4, 0.5) is 0 Å². The topological polar surface area (TPSA) is 15.3 Å². The van der Waals surface area contributed by atoms with Crippen molar-refractivity contribution >= 4 is 0 Å². The monoisotopic (exact) mass is 256 g/mol. The highest BCUT2D eigenvalue weighted by Gasteiger charge is 2.33. The molecule has 102 valence electrons. The number of hydrogen-bond acceptors (Lipinski definition) is 2. The van der Waals surface area contributed by atoms with Crippen LogP contribution < -0.4 is 5.32 Å². The van der Waals surface area contributed by atoms with Crippen molar-refractivity contribution in [1.82, 2.24) is 10.2 Å². The van der Waals surface area contributed by atoms with Crippen molar-refractivity contribution in [2.45, 2.75) is 44.2 Å². The third-order valence-corrected chi connectivity index (χ3v) is 5.11. The van der Waals surface area contributed by atoms with Crippen LogP contribution in [0.1, 0.15) is 42.7 Å². The molecule has 1 aromatic rings. The first-order valence-corrected chi connectivity index (χ1v) is 7.93. The van der Waals surface area contributed by atoms with Gasteiger partial charge in [-0.2, -0.15) is 0 Å². The van der Waals surface area contributed by atoms with Crippen molar-refractivity contribution in [3.8, 4) is 0 Å². The van der Waals surface area contributed by atoms with Crippen LogP contribution in [0, 0.1) is 5.92 Å². The van der Waals surface area contributed by atoms with Gasteiger partial charge < -0.3 is 5.32 Å². The molecule has 3 fully saturated rings. The second-order valence-electron chi connectivity index (χ2n) is 6.67. The van der Waals surface area contributed by atoms with E-state index in [1.807, 2.05) is 0 Å². The first-order valence-electron chi connectivity index (χ1n) is 7.93. The van der Waals surface area contributed by atoms with Crippen molar-refractivity contribution in [2.75, 3.05) is 19.6 Å². The first kappa shape index (κ1) is 11.9. The van der Waals surface area contributed by atoms with Crippen LogP contribution in [0.3, 0.4) is 0 Å². The van der Waals surface area contributed by atoms with Crippen LogP contribution in [-0.4, -0.2) is 30.6 Å². The van der Waals surface area contributed by atoms with E-state index >= 15 is 0 Å². The maximum atomic E-state index is 3.69. The number of nitrogens with zero attached hydrogens (tertiary/aromatic N) is 1. The van der Waals surface area contributed by atoms with E-state index in [1.165, 1.54) is 50.9 Å². The molecule has 0 bridgehead atoms. The SMILES string of the molecule is c1cc(C2CC2)ccc1CN1C[C@@H]2CCCN[C@@H]2C1. The second-order valence-corrected chi connectivity index (χ2v) is 6.67. The van der Waals surface area contributed by atoms with Crippen LogP contribution in [0.15, 0.2) is 24.3 Å². The van der Waals surface area contributed by atoms with Crippen molar-refractivity contribution in [3.05, 3.63) is 35.4 Å². The quantitative estimate of drug-likeness (QED) is 0.894. The molecule has 2 saturated heterocycles. The van der Waals surface area contributed by atoms with E-state index in [2.05, 4.69) is 34.5 Å².